The van der Waals surface area contributed by atoms with Crippen molar-refractivity contribution in [1.82, 2.24) is 85.6 Å². The molecule has 4 aromatic carbocycles. The number of carbonyl (C=O) groups is 5. The number of hydrogen-bond donors (Lipinski definition) is 12. The van der Waals surface area contributed by atoms with Crippen LogP contribution in [0, 0.1) is 0 Å². The Kier molecular flexibility index (Phi) is 27.4. The van der Waals surface area contributed by atoms with Gasteiger partial charge in [-0.15, -0.1) is 5.10 Å². The van der Waals surface area contributed by atoms with Crippen LogP contribution in [0.5, 0.6) is 6.01 Å². The number of anilines is 8. The van der Waals surface area contributed by atoms with E-state index in [1.807, 2.05) is 126 Å². The molecule has 35 nitrogen and oxygen atoms in total. The van der Waals surface area contributed by atoms with Gasteiger partial charge in [0.1, 0.15) is 69.5 Å². The molecule has 0 saturated heterocycles. The first-order valence-electron chi connectivity index (χ1n) is 37.2. The highest BCUT2D eigenvalue weighted by molar-refractivity contribution is 5.99. The lowest BCUT2D eigenvalue weighted by molar-refractivity contribution is 0.0475. The lowest BCUT2D eigenvalue weighted by Crippen LogP contribution is -2.50. The summed E-state index contributed by atoms with van der Waals surface area (Å²) < 4.78 is 10.6. The molecule has 3 saturated carbocycles. The number of primary amides is 3. The van der Waals surface area contributed by atoms with Crippen molar-refractivity contribution in [3.63, 3.8) is 0 Å². The molecule has 35 heteroatoms. The Bertz CT molecular complexity index is 5080. The van der Waals surface area contributed by atoms with Gasteiger partial charge in [0, 0.05) is 120 Å². The average molecular weight is 1550 g/mol. The minimum absolute atomic E-state index is 0.0410. The van der Waals surface area contributed by atoms with E-state index in [1.54, 1.807) is 49.3 Å². The second kappa shape index (κ2) is 38.4. The van der Waals surface area contributed by atoms with Crippen molar-refractivity contribution in [3.8, 4) is 39.4 Å². The predicted molar refractivity (Wildman–Crippen MR) is 430 cm³/mol. The molecule has 0 unspecified atom stereocenters. The van der Waals surface area contributed by atoms with Crippen molar-refractivity contribution in [1.29, 1.82) is 0 Å². The summed E-state index contributed by atoms with van der Waals surface area (Å²) in [5.74, 6) is -0.397. The van der Waals surface area contributed by atoms with Crippen LogP contribution < -0.4 is 70.7 Å². The maximum absolute atomic E-state index is 12.4. The third kappa shape index (κ3) is 23.7. The maximum atomic E-state index is 12.4. The third-order valence-electron chi connectivity index (χ3n) is 18.1. The Balaban J connectivity index is 0.000000155. The van der Waals surface area contributed by atoms with E-state index in [2.05, 4.69) is 107 Å². The van der Waals surface area contributed by atoms with E-state index in [0.717, 1.165) is 116 Å². The van der Waals surface area contributed by atoms with E-state index in [1.165, 1.54) is 42.4 Å². The first-order chi connectivity index (χ1) is 54.8. The average Bonchev–Trinajstić information content (AvgIpc) is 1.32. The molecular weight excluding hydrogens is 1460 g/mol. The van der Waals surface area contributed by atoms with Gasteiger partial charge in [0.25, 0.3) is 17.7 Å². The molecule has 3 aliphatic carbocycles. The molecule has 14 rings (SSSR count). The molecule has 592 valence electrons. The Morgan fingerprint density at radius 1 is 0.421 bits per heavy atom. The van der Waals surface area contributed by atoms with Gasteiger partial charge in [-0.05, 0) is 151 Å². The number of ether oxygens (including phenoxy) is 2. The van der Waals surface area contributed by atoms with Crippen LogP contribution in [-0.2, 0) is 9.47 Å². The van der Waals surface area contributed by atoms with Crippen molar-refractivity contribution < 1.29 is 38.3 Å². The van der Waals surface area contributed by atoms with Crippen LogP contribution in [0.2, 0.25) is 0 Å². The van der Waals surface area contributed by atoms with Crippen LogP contribution in [-0.4, -0.2) is 152 Å². The molecule has 0 bridgehead atoms. The van der Waals surface area contributed by atoms with Crippen LogP contribution in [0.3, 0.4) is 0 Å². The summed E-state index contributed by atoms with van der Waals surface area (Å²) in [7, 11) is 0. The number of alkyl carbamates (subject to hydrolysis) is 2. The Morgan fingerprint density at radius 2 is 0.798 bits per heavy atom. The second-order valence-corrected chi connectivity index (χ2v) is 29.1. The normalized spacial score (nSPS) is 17.2. The highest BCUT2D eigenvalue weighted by atomic mass is 16.7. The Hall–Kier alpha value is -13.6. The summed E-state index contributed by atoms with van der Waals surface area (Å²) in [4.78, 5) is 117. The fourth-order valence-corrected chi connectivity index (χ4v) is 12.6. The van der Waals surface area contributed by atoms with Gasteiger partial charge in [0.15, 0.2) is 5.82 Å². The molecule has 114 heavy (non-hydrogen) atoms. The molecule has 3 fully saturated rings. The number of aromatic nitrogens is 15. The number of nitrogens with one attached hydrogen (secondary N) is 7. The zero-order valence-corrected chi connectivity index (χ0v) is 64.0. The molecule has 7 aromatic heterocycles. The Morgan fingerprint density at radius 3 is 1.23 bits per heavy atom. The second-order valence-electron chi connectivity index (χ2n) is 29.1. The smallest absolute Gasteiger partial charge is 0.407 e. The summed E-state index contributed by atoms with van der Waals surface area (Å²) in [6.45, 7) is 11.0. The fourth-order valence-electron chi connectivity index (χ4n) is 12.6. The topological polar surface area (TPSA) is 513 Å². The maximum Gasteiger partial charge on any atom is 0.407 e. The van der Waals surface area contributed by atoms with Gasteiger partial charge in [0.2, 0.25) is 11.9 Å². The molecule has 11 aromatic rings. The number of nitrogens with zero attached hydrogens (tertiary/aromatic N) is 15. The van der Waals surface area contributed by atoms with Crippen LogP contribution >= 0.6 is 0 Å². The Labute approximate surface area is 657 Å². The molecule has 17 N–H and O–H groups in total. The molecule has 6 atom stereocenters. The van der Waals surface area contributed by atoms with E-state index < -0.39 is 35.0 Å². The molecule has 0 aliphatic heterocycles. The van der Waals surface area contributed by atoms with E-state index in [-0.39, 0.29) is 76.7 Å². The van der Waals surface area contributed by atoms with Crippen molar-refractivity contribution in [2.75, 3.05) is 26.6 Å². The van der Waals surface area contributed by atoms with Crippen molar-refractivity contribution in [2.45, 2.75) is 166 Å². The molecule has 3 aliphatic rings. The van der Waals surface area contributed by atoms with E-state index in [0.29, 0.717) is 40.1 Å². The van der Waals surface area contributed by atoms with E-state index in [9.17, 15) is 24.0 Å². The monoisotopic (exact) mass is 1550 g/mol. The van der Waals surface area contributed by atoms with Crippen LogP contribution in [0.1, 0.15) is 150 Å². The number of fused-ring (bicyclic) bond motifs is 1. The van der Waals surface area contributed by atoms with Gasteiger partial charge in [-0.1, -0.05) is 91.9 Å². The summed E-state index contributed by atoms with van der Waals surface area (Å²) in [5, 5.41) is 29.9. The van der Waals surface area contributed by atoms with Crippen molar-refractivity contribution in [3.05, 3.63) is 189 Å². The molecule has 5 amide bonds. The molecule has 0 radical (unpaired) electrons. The van der Waals surface area contributed by atoms with Gasteiger partial charge in [-0.25, -0.2) is 54.4 Å². The zero-order valence-electron chi connectivity index (χ0n) is 64.0. The number of amides is 5. The standard InChI is InChI=1S/C26H32N8O3.C21H15N9O2.C21H24N8O.C11H22N2O2/c1-26(2,3)37-25(36)33-21-10-5-4-9-20(21)32-24-30-14-19(22(27)35)23(34-24)31-18-8-6-7-16(11-18)17-12-28-15-29-13-17;22-19(31)16-11-25-21(32-30-18-7-2-1-6-17(18)28-29-30)27-20(16)26-15-5-3-4-13(8-15)14-9-23-12-24-10-14;22-17-6-1-2-7-18(17)28-21-26-11-16(19(23)30)20(29-21)27-15-5-3-4-13(8-15)14-9-24-12-25-10-14;1-11(2,3)15-10(14)13-9-7-5-4-6-8(9)12/h6-8,11-15,20-21H,4-5,9-10H2,1-3H3,(H2,27,35)(H,33,36)(H2,30,31,32,34);1-12H,(H2,22,31)(H,25,26,27);3-5,8-12,17-18H,1-2,6-7,22H2,(H2,23,30)(H2,26,27,28,29);8-9H,4-7,12H2,1-3H3,(H,13,14)/t20-,21+;;17-,18+;8-,9+/m1.01/s1. The fraction of sp³-hybridized carbons (Fsp3) is 0.329. The summed E-state index contributed by atoms with van der Waals surface area (Å²) in [6, 6.07) is 30.0. The number of benzene rings is 4. The minimum Gasteiger partial charge on any atom is -0.444 e. The number of nitrogens with two attached hydrogens (primary N) is 5. The summed E-state index contributed by atoms with van der Waals surface area (Å²) in [6.07, 6.45) is 30.1. The number of rotatable bonds is 20. The van der Waals surface area contributed by atoms with Crippen molar-refractivity contribution in [2.24, 2.45) is 28.7 Å². The number of hydrogen-bond acceptors (Lipinski definition) is 29. The quantitative estimate of drug-likeness (QED) is 0.0337. The number of carbonyl (C=O) groups excluding carboxylic acids is 5. The zero-order chi connectivity index (χ0) is 80.7. The van der Waals surface area contributed by atoms with Gasteiger partial charge < -0.3 is 80.2 Å². The van der Waals surface area contributed by atoms with Gasteiger partial charge >= 0.3 is 18.2 Å². The van der Waals surface area contributed by atoms with Crippen LogP contribution in [0.25, 0.3) is 44.4 Å². The largest absolute Gasteiger partial charge is 0.444 e. The van der Waals surface area contributed by atoms with E-state index in [4.69, 9.17) is 43.0 Å². The highest BCUT2D eigenvalue weighted by Gasteiger charge is 2.31. The molecule has 0 spiro atoms. The van der Waals surface area contributed by atoms with Crippen molar-refractivity contribution >= 4 is 87.4 Å². The van der Waals surface area contributed by atoms with E-state index >= 15 is 0 Å². The predicted octanol–water partition coefficient (Wildman–Crippen LogP) is 10.6. The van der Waals surface area contributed by atoms with Gasteiger partial charge in [-0.3, -0.25) is 14.4 Å². The van der Waals surface area contributed by atoms with Gasteiger partial charge in [-0.2, -0.15) is 15.0 Å². The highest BCUT2D eigenvalue weighted by Crippen LogP contribution is 2.31. The third-order valence-corrected chi connectivity index (χ3v) is 18.1. The number of para-hydroxylation sites is 1. The first-order valence-corrected chi connectivity index (χ1v) is 37.2. The summed E-state index contributed by atoms with van der Waals surface area (Å²) >= 11 is 0. The molecule has 7 heterocycles. The van der Waals surface area contributed by atoms with Gasteiger partial charge in [0.05, 0.1) is 6.04 Å². The van der Waals surface area contributed by atoms with Crippen LogP contribution in [0.4, 0.5) is 56.0 Å². The first kappa shape index (κ1) is 81.4. The van der Waals surface area contributed by atoms with Crippen LogP contribution in [0.15, 0.2) is 172 Å². The molecular formula is C79H93N27O8. The summed E-state index contributed by atoms with van der Waals surface area (Å²) in [5.41, 5.74) is 36.9. The lowest BCUT2D eigenvalue weighted by atomic mass is 9.90. The SMILES string of the molecule is CC(C)(C)OC(=O)N[C@H]1CCCC[C@H]1N.CC(C)(C)OC(=O)N[C@H]1CCCC[C@H]1Nc1ncc(C(N)=O)c(Nc2cccc(-c3cncnc3)c2)n1.NC(=O)c1cnc(N[C@@H]2CCCC[C@@H]2N)nc1Nc1cccc(-c2cncnc2)c1.NC(=O)c1cnc(On2nnc3ccccc32)nc1Nc1cccc(-c2cncnc2)c1. The lowest BCUT2D eigenvalue weighted by Gasteiger charge is -2.33. The minimum atomic E-state index is -0.683.